The van der Waals surface area contributed by atoms with Gasteiger partial charge in [0.1, 0.15) is 12.4 Å². The van der Waals surface area contributed by atoms with Crippen LogP contribution in [0.25, 0.3) is 0 Å². The van der Waals surface area contributed by atoms with Crippen LogP contribution in [0.15, 0.2) is 65.7 Å². The Hall–Kier alpha value is -1.80. The van der Waals surface area contributed by atoms with E-state index >= 15 is 0 Å². The van der Waals surface area contributed by atoms with Gasteiger partial charge >= 0.3 is 0 Å². The van der Waals surface area contributed by atoms with Crippen LogP contribution in [-0.4, -0.2) is 57.7 Å². The Morgan fingerprint density at radius 1 is 1.00 bits per heavy atom. The van der Waals surface area contributed by atoms with E-state index in [1.165, 1.54) is 5.56 Å². The van der Waals surface area contributed by atoms with E-state index in [1.54, 1.807) is 7.05 Å². The minimum Gasteiger partial charge on any atom is -0.492 e. The predicted octanol–water partition coefficient (Wildman–Crippen LogP) is 3.02. The van der Waals surface area contributed by atoms with E-state index < -0.39 is 0 Å². The highest BCUT2D eigenvalue weighted by atomic mass is 127. The van der Waals surface area contributed by atoms with E-state index in [-0.39, 0.29) is 24.0 Å². The molecule has 0 fully saturated rings. The topological polar surface area (TPSA) is 48.9 Å². The molecule has 1 unspecified atom stereocenters. The molecule has 0 saturated carbocycles. The van der Waals surface area contributed by atoms with Gasteiger partial charge < -0.3 is 20.3 Å². The third-order valence-electron chi connectivity index (χ3n) is 4.18. The lowest BCUT2D eigenvalue weighted by atomic mass is 10.1. The molecule has 0 aromatic heterocycles. The van der Waals surface area contributed by atoms with Crippen LogP contribution in [0.4, 0.5) is 0 Å². The zero-order valence-electron chi connectivity index (χ0n) is 16.4. The molecule has 0 aliphatic carbocycles. The molecule has 1 atom stereocenters. The molecule has 0 bridgehead atoms. The second-order valence-corrected chi connectivity index (χ2v) is 6.35. The van der Waals surface area contributed by atoms with Crippen molar-refractivity contribution in [1.82, 2.24) is 15.5 Å². The average Bonchev–Trinajstić information content (AvgIpc) is 2.67. The van der Waals surface area contributed by atoms with E-state index in [0.29, 0.717) is 19.2 Å². The first-order valence-corrected chi connectivity index (χ1v) is 9.01. The van der Waals surface area contributed by atoms with Crippen LogP contribution in [0.1, 0.15) is 5.56 Å². The Morgan fingerprint density at radius 2 is 1.63 bits per heavy atom. The summed E-state index contributed by atoms with van der Waals surface area (Å²) in [7, 11) is 6.01. The molecule has 2 N–H and O–H groups in total. The summed E-state index contributed by atoms with van der Waals surface area (Å²) in [5.74, 6) is 1.68. The van der Waals surface area contributed by atoms with Gasteiger partial charge in [-0.3, -0.25) is 4.99 Å². The molecule has 2 rings (SSSR count). The summed E-state index contributed by atoms with van der Waals surface area (Å²) < 4.78 is 5.69. The molecular formula is C21H31IN4O. The van der Waals surface area contributed by atoms with E-state index in [0.717, 1.165) is 24.7 Å². The second-order valence-electron chi connectivity index (χ2n) is 6.35. The molecule has 0 saturated heterocycles. The van der Waals surface area contributed by atoms with Crippen LogP contribution in [0.5, 0.6) is 5.75 Å². The summed E-state index contributed by atoms with van der Waals surface area (Å²) in [6.07, 6.45) is 0.995. The third-order valence-corrected chi connectivity index (χ3v) is 4.18. The molecule has 148 valence electrons. The van der Waals surface area contributed by atoms with Crippen molar-refractivity contribution >= 4 is 29.9 Å². The molecule has 0 amide bonds. The molecule has 0 radical (unpaired) electrons. The van der Waals surface area contributed by atoms with Gasteiger partial charge in [-0.2, -0.15) is 0 Å². The minimum atomic E-state index is 0. The molecule has 2 aromatic carbocycles. The standard InChI is InChI=1S/C21H30N4O.HI/c1-22-21(23-14-15-26-20-12-8-5-9-13-20)24-17-19(25(2)3)16-18-10-6-4-7-11-18;/h4-13,19H,14-17H2,1-3H3,(H2,22,23,24);1H. The number of guanidine groups is 1. The molecule has 0 aliphatic rings. The van der Waals surface area contributed by atoms with E-state index in [9.17, 15) is 0 Å². The number of likely N-dealkylation sites (N-methyl/N-ethyl adjacent to an activating group) is 1. The Bertz CT molecular complexity index is 650. The summed E-state index contributed by atoms with van der Waals surface area (Å²) in [5.41, 5.74) is 1.34. The van der Waals surface area contributed by atoms with E-state index in [4.69, 9.17) is 4.74 Å². The number of halogens is 1. The number of ether oxygens (including phenoxy) is 1. The van der Waals surface area contributed by atoms with Gasteiger partial charge in [-0.05, 0) is 38.2 Å². The SMILES string of the molecule is CN=C(NCCOc1ccccc1)NCC(Cc1ccccc1)N(C)C.I. The Labute approximate surface area is 180 Å². The number of hydrogen-bond donors (Lipinski definition) is 2. The first kappa shape index (κ1) is 23.2. The van der Waals surface area contributed by atoms with Crippen LogP contribution in [0.3, 0.4) is 0 Å². The minimum absolute atomic E-state index is 0. The van der Waals surface area contributed by atoms with E-state index in [2.05, 4.69) is 65.0 Å². The molecule has 0 aliphatic heterocycles. The average molecular weight is 482 g/mol. The van der Waals surface area contributed by atoms with Gasteiger partial charge in [0.2, 0.25) is 0 Å². The van der Waals surface area contributed by atoms with Crippen molar-refractivity contribution in [2.24, 2.45) is 4.99 Å². The molecular weight excluding hydrogens is 451 g/mol. The number of para-hydroxylation sites is 1. The molecule has 27 heavy (non-hydrogen) atoms. The lowest BCUT2D eigenvalue weighted by molar-refractivity contribution is 0.289. The van der Waals surface area contributed by atoms with Crippen molar-refractivity contribution < 1.29 is 4.74 Å². The highest BCUT2D eigenvalue weighted by molar-refractivity contribution is 14.0. The molecule has 0 heterocycles. The van der Waals surface area contributed by atoms with Crippen molar-refractivity contribution in [2.75, 3.05) is 40.8 Å². The maximum absolute atomic E-state index is 5.69. The number of nitrogens with zero attached hydrogens (tertiary/aromatic N) is 2. The highest BCUT2D eigenvalue weighted by Gasteiger charge is 2.12. The first-order chi connectivity index (χ1) is 12.7. The maximum Gasteiger partial charge on any atom is 0.191 e. The van der Waals surface area contributed by atoms with Crippen LogP contribution in [0, 0.1) is 0 Å². The normalized spacial score (nSPS) is 12.2. The number of hydrogen-bond acceptors (Lipinski definition) is 3. The summed E-state index contributed by atoms with van der Waals surface area (Å²) in [4.78, 5) is 6.53. The molecule has 2 aromatic rings. The van der Waals surface area contributed by atoms with Gasteiger partial charge in [0.25, 0.3) is 0 Å². The van der Waals surface area contributed by atoms with Crippen molar-refractivity contribution in [3.05, 3.63) is 66.2 Å². The maximum atomic E-state index is 5.69. The molecule has 6 heteroatoms. The fraction of sp³-hybridized carbons (Fsp3) is 0.381. The number of aliphatic imine (C=N–C) groups is 1. The van der Waals surface area contributed by atoms with Gasteiger partial charge in [-0.15, -0.1) is 24.0 Å². The predicted molar refractivity (Wildman–Crippen MR) is 124 cm³/mol. The van der Waals surface area contributed by atoms with Crippen molar-refractivity contribution in [3.63, 3.8) is 0 Å². The fourth-order valence-corrected chi connectivity index (χ4v) is 2.61. The van der Waals surface area contributed by atoms with Gasteiger partial charge in [0, 0.05) is 19.6 Å². The van der Waals surface area contributed by atoms with E-state index in [1.807, 2.05) is 30.3 Å². The fourth-order valence-electron chi connectivity index (χ4n) is 2.61. The zero-order chi connectivity index (χ0) is 18.6. The lowest BCUT2D eigenvalue weighted by Gasteiger charge is -2.25. The number of rotatable bonds is 9. The van der Waals surface area contributed by atoms with Gasteiger partial charge in [0.05, 0.1) is 6.54 Å². The molecule has 5 nitrogen and oxygen atoms in total. The van der Waals surface area contributed by atoms with Gasteiger partial charge in [-0.25, -0.2) is 0 Å². The zero-order valence-corrected chi connectivity index (χ0v) is 18.7. The third kappa shape index (κ3) is 9.10. The van der Waals surface area contributed by atoms with Crippen molar-refractivity contribution in [2.45, 2.75) is 12.5 Å². The monoisotopic (exact) mass is 482 g/mol. The van der Waals surface area contributed by atoms with Crippen LogP contribution in [-0.2, 0) is 6.42 Å². The Morgan fingerprint density at radius 3 is 2.22 bits per heavy atom. The molecule has 0 spiro atoms. The van der Waals surface area contributed by atoms with Gasteiger partial charge in [-0.1, -0.05) is 48.5 Å². The summed E-state index contributed by atoms with van der Waals surface area (Å²) in [6.45, 7) is 2.10. The van der Waals surface area contributed by atoms with Crippen LogP contribution in [0.2, 0.25) is 0 Å². The summed E-state index contributed by atoms with van der Waals surface area (Å²) in [6, 6.07) is 20.8. The van der Waals surface area contributed by atoms with Crippen molar-refractivity contribution in [1.29, 1.82) is 0 Å². The second kappa shape index (κ2) is 13.4. The van der Waals surface area contributed by atoms with Gasteiger partial charge in [0.15, 0.2) is 5.96 Å². The largest absolute Gasteiger partial charge is 0.492 e. The number of nitrogens with one attached hydrogen (secondary N) is 2. The number of benzene rings is 2. The first-order valence-electron chi connectivity index (χ1n) is 9.01. The van der Waals surface area contributed by atoms with Crippen LogP contribution < -0.4 is 15.4 Å². The highest BCUT2D eigenvalue weighted by Crippen LogP contribution is 2.07. The quantitative estimate of drug-likeness (QED) is 0.250. The summed E-state index contributed by atoms with van der Waals surface area (Å²) in [5, 5.41) is 6.70. The Kier molecular flexibility index (Phi) is 11.5. The smallest absolute Gasteiger partial charge is 0.191 e. The lowest BCUT2D eigenvalue weighted by Crippen LogP contribution is -2.46. The van der Waals surface area contributed by atoms with Crippen LogP contribution >= 0.6 is 24.0 Å². The summed E-state index contributed by atoms with van der Waals surface area (Å²) >= 11 is 0. The Balaban J connectivity index is 0.00000364. The van der Waals surface area contributed by atoms with Crippen molar-refractivity contribution in [3.8, 4) is 5.75 Å².